The Morgan fingerprint density at radius 2 is 1.75 bits per heavy atom. The molecule has 0 saturated carbocycles. The van der Waals surface area contributed by atoms with Gasteiger partial charge in [0.1, 0.15) is 0 Å². The van der Waals surface area contributed by atoms with E-state index in [2.05, 4.69) is 0 Å². The molecule has 1 heterocycles. The maximum atomic E-state index is 11.8. The van der Waals surface area contributed by atoms with Crippen LogP contribution in [0.3, 0.4) is 0 Å². The number of allylic oxidation sites excluding steroid dienone is 2. The quantitative estimate of drug-likeness (QED) is 0.638. The Hall–Kier alpha value is -0.605. The number of hydrogen-bond acceptors (Lipinski definition) is 3. The van der Waals surface area contributed by atoms with Crippen molar-refractivity contribution in [2.75, 3.05) is 0 Å². The lowest BCUT2D eigenvalue weighted by molar-refractivity contribution is -0.115. The zero-order chi connectivity index (χ0) is 12.0. The summed E-state index contributed by atoms with van der Waals surface area (Å²) in [4.78, 5) is 11.8. The minimum atomic E-state index is -0.474. The molecule has 2 aliphatic rings. The molecule has 1 fully saturated rings. The van der Waals surface area contributed by atoms with Crippen LogP contribution in [0.1, 0.15) is 47.0 Å². The molecule has 0 radical (unpaired) electrons. The second-order valence-corrected chi connectivity index (χ2v) is 5.56. The van der Waals surface area contributed by atoms with E-state index >= 15 is 0 Å². The van der Waals surface area contributed by atoms with Gasteiger partial charge in [-0.3, -0.25) is 4.79 Å². The van der Waals surface area contributed by atoms with Gasteiger partial charge in [0.25, 0.3) is 0 Å². The maximum Gasteiger partial charge on any atom is 0.498 e. The molecule has 88 valence electrons. The van der Waals surface area contributed by atoms with Crippen molar-refractivity contribution in [2.45, 2.75) is 58.2 Å². The number of rotatable bonds is 1. The number of ketones is 1. The SMILES string of the molecule is CC1(C)OB(C2=CCCCC2=O)OC1(C)C. The van der Waals surface area contributed by atoms with Crippen molar-refractivity contribution in [3.63, 3.8) is 0 Å². The van der Waals surface area contributed by atoms with Crippen molar-refractivity contribution in [3.8, 4) is 0 Å². The molecule has 0 aromatic carbocycles. The summed E-state index contributed by atoms with van der Waals surface area (Å²) in [7, 11) is -0.474. The Morgan fingerprint density at radius 1 is 1.19 bits per heavy atom. The monoisotopic (exact) mass is 222 g/mol. The number of hydrogen-bond donors (Lipinski definition) is 0. The summed E-state index contributed by atoms with van der Waals surface area (Å²) in [5.41, 5.74) is -0.0168. The van der Waals surface area contributed by atoms with Gasteiger partial charge >= 0.3 is 7.12 Å². The van der Waals surface area contributed by atoms with Crippen LogP contribution in [-0.4, -0.2) is 24.1 Å². The molecule has 1 saturated heterocycles. The predicted molar refractivity (Wildman–Crippen MR) is 63.0 cm³/mol. The van der Waals surface area contributed by atoms with Crippen molar-refractivity contribution in [3.05, 3.63) is 11.5 Å². The first-order valence-electron chi connectivity index (χ1n) is 5.92. The largest absolute Gasteiger partial charge is 0.498 e. The fourth-order valence-corrected chi connectivity index (χ4v) is 1.98. The smallest absolute Gasteiger partial charge is 0.399 e. The van der Waals surface area contributed by atoms with E-state index in [1.54, 1.807) is 0 Å². The molecule has 0 spiro atoms. The van der Waals surface area contributed by atoms with Crippen LogP contribution in [0.4, 0.5) is 0 Å². The third-order valence-corrected chi connectivity index (χ3v) is 3.80. The maximum absolute atomic E-state index is 11.8. The first-order chi connectivity index (χ1) is 7.33. The third-order valence-electron chi connectivity index (χ3n) is 3.80. The Morgan fingerprint density at radius 3 is 2.25 bits per heavy atom. The lowest BCUT2D eigenvalue weighted by Crippen LogP contribution is -2.41. The van der Waals surface area contributed by atoms with Gasteiger partial charge in [-0.2, -0.15) is 0 Å². The van der Waals surface area contributed by atoms with Crippen molar-refractivity contribution >= 4 is 12.9 Å². The Balaban J connectivity index is 2.20. The van der Waals surface area contributed by atoms with Crippen LogP contribution >= 0.6 is 0 Å². The molecule has 1 aliphatic heterocycles. The van der Waals surface area contributed by atoms with Gasteiger partial charge in [0.05, 0.1) is 11.2 Å². The molecule has 0 bridgehead atoms. The molecule has 4 heteroatoms. The lowest BCUT2D eigenvalue weighted by Gasteiger charge is -2.32. The molecule has 2 rings (SSSR count). The summed E-state index contributed by atoms with van der Waals surface area (Å²) >= 11 is 0. The van der Waals surface area contributed by atoms with E-state index in [0.717, 1.165) is 12.8 Å². The standard InChI is InChI=1S/C12H19BO3/c1-11(2)12(3,4)16-13(15-11)9-7-5-6-8-10(9)14/h7H,5-6,8H2,1-4H3. The molecule has 0 atom stereocenters. The molecule has 1 aliphatic carbocycles. The van der Waals surface area contributed by atoms with Gasteiger partial charge in [0, 0.05) is 11.9 Å². The molecule has 0 amide bonds. The summed E-state index contributed by atoms with van der Waals surface area (Å²) in [6, 6.07) is 0. The van der Waals surface area contributed by atoms with Gasteiger partial charge in [0.2, 0.25) is 0 Å². The van der Waals surface area contributed by atoms with Crippen molar-refractivity contribution in [1.29, 1.82) is 0 Å². The first-order valence-corrected chi connectivity index (χ1v) is 5.92. The van der Waals surface area contributed by atoms with Crippen LogP contribution in [0.5, 0.6) is 0 Å². The molecule has 16 heavy (non-hydrogen) atoms. The summed E-state index contributed by atoms with van der Waals surface area (Å²) in [5, 5.41) is 0. The van der Waals surface area contributed by atoms with E-state index in [-0.39, 0.29) is 17.0 Å². The number of Topliss-reactive ketones (excluding diaryl/α,β-unsaturated/α-hetero) is 1. The van der Waals surface area contributed by atoms with Crippen LogP contribution in [0.15, 0.2) is 11.5 Å². The minimum absolute atomic E-state index is 0.171. The lowest BCUT2D eigenvalue weighted by atomic mass is 9.72. The first kappa shape index (κ1) is 11.9. The molecule has 0 aromatic heterocycles. The van der Waals surface area contributed by atoms with Gasteiger partial charge < -0.3 is 9.31 Å². The highest BCUT2D eigenvalue weighted by Gasteiger charge is 2.53. The number of carbonyl (C=O) groups is 1. The van der Waals surface area contributed by atoms with Crippen LogP contribution in [0.25, 0.3) is 0 Å². The van der Waals surface area contributed by atoms with Gasteiger partial charge in [-0.25, -0.2) is 0 Å². The van der Waals surface area contributed by atoms with Crippen LogP contribution < -0.4 is 0 Å². The Bertz CT molecular complexity index is 328. The molecule has 0 aromatic rings. The van der Waals surface area contributed by atoms with Crippen molar-refractivity contribution in [2.24, 2.45) is 0 Å². The molecular weight excluding hydrogens is 203 g/mol. The summed E-state index contributed by atoms with van der Waals surface area (Å²) in [6.45, 7) is 8.00. The summed E-state index contributed by atoms with van der Waals surface area (Å²) in [6.07, 6.45) is 4.48. The zero-order valence-corrected chi connectivity index (χ0v) is 10.5. The fourth-order valence-electron chi connectivity index (χ4n) is 1.98. The fraction of sp³-hybridized carbons (Fsp3) is 0.750. The van der Waals surface area contributed by atoms with Crippen molar-refractivity contribution in [1.82, 2.24) is 0 Å². The third kappa shape index (κ3) is 1.85. The normalized spacial score (nSPS) is 28.1. The van der Waals surface area contributed by atoms with Crippen molar-refractivity contribution < 1.29 is 14.1 Å². The highest BCUT2D eigenvalue weighted by Crippen LogP contribution is 2.39. The van der Waals surface area contributed by atoms with E-state index in [4.69, 9.17) is 9.31 Å². The van der Waals surface area contributed by atoms with Crippen LogP contribution in [-0.2, 0) is 14.1 Å². The Labute approximate surface area is 97.3 Å². The highest BCUT2D eigenvalue weighted by molar-refractivity contribution is 6.62. The Kier molecular flexibility index (Phi) is 2.75. The zero-order valence-electron chi connectivity index (χ0n) is 10.5. The predicted octanol–water partition coefficient (Wildman–Crippen LogP) is 2.30. The topological polar surface area (TPSA) is 35.5 Å². The highest BCUT2D eigenvalue weighted by atomic mass is 16.7. The van der Waals surface area contributed by atoms with E-state index < -0.39 is 7.12 Å². The summed E-state index contributed by atoms with van der Waals surface area (Å²) in [5.74, 6) is 0.171. The molecule has 0 unspecified atom stereocenters. The van der Waals surface area contributed by atoms with Crippen LogP contribution in [0, 0.1) is 0 Å². The molecule has 0 N–H and O–H groups in total. The van der Waals surface area contributed by atoms with E-state index in [0.29, 0.717) is 11.9 Å². The van der Waals surface area contributed by atoms with Gasteiger partial charge in [0.15, 0.2) is 5.78 Å². The van der Waals surface area contributed by atoms with Gasteiger partial charge in [-0.05, 0) is 40.5 Å². The minimum Gasteiger partial charge on any atom is -0.399 e. The van der Waals surface area contributed by atoms with Crippen LogP contribution in [0.2, 0.25) is 0 Å². The van der Waals surface area contributed by atoms with E-state index in [1.165, 1.54) is 0 Å². The van der Waals surface area contributed by atoms with E-state index in [1.807, 2.05) is 33.8 Å². The molecule has 3 nitrogen and oxygen atoms in total. The second-order valence-electron chi connectivity index (χ2n) is 5.56. The average Bonchev–Trinajstić information content (AvgIpc) is 2.36. The summed E-state index contributed by atoms with van der Waals surface area (Å²) < 4.78 is 11.7. The van der Waals surface area contributed by atoms with Gasteiger partial charge in [-0.1, -0.05) is 6.08 Å². The van der Waals surface area contributed by atoms with Gasteiger partial charge in [-0.15, -0.1) is 0 Å². The average molecular weight is 222 g/mol. The second kappa shape index (κ2) is 3.71. The number of carbonyl (C=O) groups excluding carboxylic acids is 1. The molecular formula is C12H19BO3. The van der Waals surface area contributed by atoms with E-state index in [9.17, 15) is 4.79 Å².